The molecule has 2 nitrogen and oxygen atoms in total. The second-order valence-electron chi connectivity index (χ2n) is 4.98. The molecule has 0 fully saturated rings. The second kappa shape index (κ2) is 5.95. The van der Waals surface area contributed by atoms with E-state index in [9.17, 15) is 13.2 Å². The number of ether oxygens (including phenoxy) is 1. The Morgan fingerprint density at radius 2 is 1.80 bits per heavy atom. The van der Waals surface area contributed by atoms with Gasteiger partial charge in [0.1, 0.15) is 0 Å². The Balaban J connectivity index is 1.88. The molecule has 0 spiro atoms. The lowest BCUT2D eigenvalue weighted by Gasteiger charge is -2.17. The Kier molecular flexibility index (Phi) is 4.48. The van der Waals surface area contributed by atoms with E-state index in [0.717, 1.165) is 31.0 Å². The predicted octanol–water partition coefficient (Wildman–Crippen LogP) is 4.24. The predicted molar refractivity (Wildman–Crippen MR) is 71.8 cm³/mol. The van der Waals surface area contributed by atoms with Crippen molar-refractivity contribution in [1.82, 2.24) is 0 Å². The van der Waals surface area contributed by atoms with Crippen LogP contribution in [0.3, 0.4) is 0 Å². The van der Waals surface area contributed by atoms with Gasteiger partial charge in [-0.1, -0.05) is 44.0 Å². The lowest BCUT2D eigenvalue weighted by atomic mass is 9.96. The highest BCUT2D eigenvalue weighted by Crippen LogP contribution is 2.47. The highest BCUT2D eigenvalue weighted by atomic mass is 19.4. The summed E-state index contributed by atoms with van der Waals surface area (Å²) in [6.45, 7) is 3.24. The van der Waals surface area contributed by atoms with Gasteiger partial charge in [0, 0.05) is 12.8 Å². The molecular formula is C15H18F3NO. The SMILES string of the molecule is CCCCCOCc1ccc(C2(C(F)(F)F)C=N2)cc1. The summed E-state index contributed by atoms with van der Waals surface area (Å²) < 4.78 is 44.0. The zero-order chi connectivity index (χ0) is 14.6. The minimum Gasteiger partial charge on any atom is -0.377 e. The fourth-order valence-corrected chi connectivity index (χ4v) is 2.02. The molecule has 5 heteroatoms. The zero-order valence-corrected chi connectivity index (χ0v) is 11.4. The first kappa shape index (κ1) is 15.0. The highest BCUT2D eigenvalue weighted by Gasteiger charge is 2.61. The molecule has 0 aromatic heterocycles. The van der Waals surface area contributed by atoms with E-state index in [-0.39, 0.29) is 5.56 Å². The molecular weight excluding hydrogens is 267 g/mol. The number of halogens is 3. The molecule has 0 aliphatic carbocycles. The number of hydrogen-bond donors (Lipinski definition) is 0. The van der Waals surface area contributed by atoms with Crippen LogP contribution in [0.25, 0.3) is 0 Å². The second-order valence-corrected chi connectivity index (χ2v) is 4.98. The summed E-state index contributed by atoms with van der Waals surface area (Å²) >= 11 is 0. The number of unbranched alkanes of at least 4 members (excludes halogenated alkanes) is 2. The standard InChI is InChI=1S/C15H18F3NO/c1-2-3-4-9-20-10-12-5-7-13(8-6-12)14(11-19-14)15(16,17)18/h5-8,11H,2-4,9-10H2,1H3. The van der Waals surface area contributed by atoms with E-state index in [1.54, 1.807) is 12.1 Å². The van der Waals surface area contributed by atoms with Crippen molar-refractivity contribution in [2.75, 3.05) is 6.61 Å². The van der Waals surface area contributed by atoms with Crippen molar-refractivity contribution in [1.29, 1.82) is 0 Å². The zero-order valence-electron chi connectivity index (χ0n) is 11.4. The van der Waals surface area contributed by atoms with Crippen molar-refractivity contribution >= 4 is 6.21 Å². The first-order valence-corrected chi connectivity index (χ1v) is 6.80. The third-order valence-electron chi connectivity index (χ3n) is 3.37. The molecule has 1 aromatic carbocycles. The maximum Gasteiger partial charge on any atom is 0.422 e. The van der Waals surface area contributed by atoms with Crippen molar-refractivity contribution < 1.29 is 17.9 Å². The summed E-state index contributed by atoms with van der Waals surface area (Å²) in [5, 5.41) is 0. The summed E-state index contributed by atoms with van der Waals surface area (Å²) in [6.07, 6.45) is -0.129. The molecule has 110 valence electrons. The van der Waals surface area contributed by atoms with Crippen molar-refractivity contribution in [3.8, 4) is 0 Å². The third kappa shape index (κ3) is 3.20. The van der Waals surface area contributed by atoms with Crippen LogP contribution < -0.4 is 0 Å². The van der Waals surface area contributed by atoms with Gasteiger partial charge in [0.2, 0.25) is 5.54 Å². The van der Waals surface area contributed by atoms with Gasteiger partial charge in [-0.25, -0.2) is 0 Å². The van der Waals surface area contributed by atoms with Gasteiger partial charge >= 0.3 is 6.18 Å². The molecule has 20 heavy (non-hydrogen) atoms. The Morgan fingerprint density at radius 1 is 1.15 bits per heavy atom. The first-order chi connectivity index (χ1) is 9.49. The van der Waals surface area contributed by atoms with Gasteiger partial charge < -0.3 is 4.74 Å². The molecule has 0 N–H and O–H groups in total. The number of alkyl halides is 3. The van der Waals surface area contributed by atoms with E-state index in [2.05, 4.69) is 11.9 Å². The van der Waals surface area contributed by atoms with Crippen LogP contribution >= 0.6 is 0 Å². The minimum atomic E-state index is -4.36. The van der Waals surface area contributed by atoms with E-state index in [4.69, 9.17) is 4.74 Å². The first-order valence-electron chi connectivity index (χ1n) is 6.80. The van der Waals surface area contributed by atoms with Crippen LogP contribution in [0, 0.1) is 0 Å². The third-order valence-corrected chi connectivity index (χ3v) is 3.37. The molecule has 0 amide bonds. The van der Waals surface area contributed by atoms with Gasteiger partial charge in [0.05, 0.1) is 6.61 Å². The van der Waals surface area contributed by atoms with Crippen LogP contribution in [-0.2, 0) is 16.9 Å². The van der Waals surface area contributed by atoms with Gasteiger partial charge in [0.25, 0.3) is 0 Å². The lowest BCUT2D eigenvalue weighted by molar-refractivity contribution is -0.156. The fourth-order valence-electron chi connectivity index (χ4n) is 2.02. The topological polar surface area (TPSA) is 21.6 Å². The number of hydrogen-bond acceptors (Lipinski definition) is 2. The normalized spacial score (nSPS) is 21.2. The quantitative estimate of drug-likeness (QED) is 0.687. The van der Waals surface area contributed by atoms with E-state index >= 15 is 0 Å². The Labute approximate surface area is 116 Å². The summed E-state index contributed by atoms with van der Waals surface area (Å²) in [7, 11) is 0. The van der Waals surface area contributed by atoms with E-state index in [1.807, 2.05) is 0 Å². The van der Waals surface area contributed by atoms with Crippen molar-refractivity contribution in [3.63, 3.8) is 0 Å². The number of nitrogens with zero attached hydrogens (tertiary/aromatic N) is 1. The maximum absolute atomic E-state index is 12.9. The molecule has 1 atom stereocenters. The van der Waals surface area contributed by atoms with E-state index in [0.29, 0.717) is 13.2 Å². The summed E-state index contributed by atoms with van der Waals surface area (Å²) in [5.74, 6) is 0. The van der Waals surface area contributed by atoms with Gasteiger partial charge in [-0.3, -0.25) is 4.99 Å². The molecule has 1 aliphatic rings. The smallest absolute Gasteiger partial charge is 0.377 e. The Hall–Kier alpha value is -1.36. The molecule has 0 saturated heterocycles. The van der Waals surface area contributed by atoms with E-state index < -0.39 is 11.7 Å². The molecule has 1 unspecified atom stereocenters. The number of benzene rings is 1. The van der Waals surface area contributed by atoms with Crippen LogP contribution in [0.5, 0.6) is 0 Å². The van der Waals surface area contributed by atoms with Gasteiger partial charge in [-0.15, -0.1) is 0 Å². The minimum absolute atomic E-state index is 0.166. The van der Waals surface area contributed by atoms with Gasteiger partial charge in [0.15, 0.2) is 0 Å². The van der Waals surface area contributed by atoms with Crippen molar-refractivity contribution in [2.45, 2.75) is 44.5 Å². The van der Waals surface area contributed by atoms with Gasteiger partial charge in [-0.2, -0.15) is 13.2 Å². The van der Waals surface area contributed by atoms with Gasteiger partial charge in [-0.05, 0) is 17.5 Å². The van der Waals surface area contributed by atoms with Crippen molar-refractivity contribution in [2.24, 2.45) is 4.99 Å². The van der Waals surface area contributed by atoms with Crippen LogP contribution in [-0.4, -0.2) is 19.0 Å². The fraction of sp³-hybridized carbons (Fsp3) is 0.533. The van der Waals surface area contributed by atoms with Crippen LogP contribution in [0.2, 0.25) is 0 Å². The van der Waals surface area contributed by atoms with Crippen LogP contribution in [0.15, 0.2) is 29.3 Å². The average molecular weight is 285 g/mol. The number of aliphatic imine (C=N–C) groups is 1. The molecule has 1 aromatic rings. The Morgan fingerprint density at radius 3 is 2.30 bits per heavy atom. The lowest BCUT2D eigenvalue weighted by Crippen LogP contribution is -2.31. The largest absolute Gasteiger partial charge is 0.422 e. The van der Waals surface area contributed by atoms with Crippen molar-refractivity contribution in [3.05, 3.63) is 35.4 Å². The van der Waals surface area contributed by atoms with Crippen LogP contribution in [0.1, 0.15) is 37.3 Å². The monoisotopic (exact) mass is 285 g/mol. The van der Waals surface area contributed by atoms with E-state index in [1.165, 1.54) is 12.1 Å². The average Bonchev–Trinajstić information content (AvgIpc) is 3.20. The summed E-state index contributed by atoms with van der Waals surface area (Å²) in [4.78, 5) is 3.42. The molecule has 0 saturated carbocycles. The van der Waals surface area contributed by atoms with Crippen LogP contribution in [0.4, 0.5) is 13.2 Å². The summed E-state index contributed by atoms with van der Waals surface area (Å²) in [6, 6.07) is 6.30. The molecule has 1 heterocycles. The Bertz CT molecular complexity index is 459. The number of rotatable bonds is 7. The molecule has 0 radical (unpaired) electrons. The maximum atomic E-state index is 12.9. The molecule has 0 bridgehead atoms. The molecule has 2 rings (SSSR count). The summed E-state index contributed by atoms with van der Waals surface area (Å²) in [5.41, 5.74) is -1.03. The highest BCUT2D eigenvalue weighted by molar-refractivity contribution is 5.87. The molecule has 1 aliphatic heterocycles.